The van der Waals surface area contributed by atoms with E-state index in [0.29, 0.717) is 6.04 Å². The number of hydrogen-bond donors (Lipinski definition) is 1. The van der Waals surface area contributed by atoms with Gasteiger partial charge in [0.1, 0.15) is 0 Å². The van der Waals surface area contributed by atoms with Crippen molar-refractivity contribution >= 4 is 17.0 Å². The summed E-state index contributed by atoms with van der Waals surface area (Å²) in [5.41, 5.74) is 2.61. The molecule has 0 aliphatic carbocycles. The summed E-state index contributed by atoms with van der Waals surface area (Å²) in [6.07, 6.45) is 1.07. The molecule has 0 spiro atoms. The summed E-state index contributed by atoms with van der Waals surface area (Å²) in [4.78, 5) is 0. The molecule has 1 atom stereocenters. The second-order valence-corrected chi connectivity index (χ2v) is 4.53. The molecule has 1 aromatic carbocycles. The number of benzene rings is 1. The van der Waals surface area contributed by atoms with Gasteiger partial charge in [-0.25, -0.2) is 0 Å². The fourth-order valence-electron chi connectivity index (χ4n) is 1.65. The second-order valence-electron chi connectivity index (χ2n) is 3.75. The summed E-state index contributed by atoms with van der Waals surface area (Å²) in [6.45, 7) is 2.21. The molecule has 1 heterocycles. The van der Waals surface area contributed by atoms with E-state index in [1.165, 1.54) is 11.3 Å². The molecule has 2 aromatic rings. The minimum atomic E-state index is 0.474. The van der Waals surface area contributed by atoms with E-state index in [1.54, 1.807) is 11.3 Å². The molecule has 0 radical (unpaired) electrons. The van der Waals surface area contributed by atoms with E-state index >= 15 is 0 Å². The van der Waals surface area contributed by atoms with Crippen molar-refractivity contribution in [3.05, 3.63) is 52.7 Å². The van der Waals surface area contributed by atoms with Gasteiger partial charge >= 0.3 is 0 Å². The van der Waals surface area contributed by atoms with Gasteiger partial charge in [-0.2, -0.15) is 11.3 Å². The smallest absolute Gasteiger partial charge is 0.0450 e. The first kappa shape index (κ1) is 10.2. The lowest BCUT2D eigenvalue weighted by molar-refractivity contribution is 0.791. The zero-order chi connectivity index (χ0) is 10.5. The van der Waals surface area contributed by atoms with Crippen LogP contribution < -0.4 is 5.32 Å². The van der Waals surface area contributed by atoms with Crippen molar-refractivity contribution in [2.45, 2.75) is 19.4 Å². The maximum atomic E-state index is 3.48. The van der Waals surface area contributed by atoms with Gasteiger partial charge in [0, 0.05) is 17.1 Å². The standard InChI is InChI=1S/C13H15NS/c1-11(14-13-7-8-15-10-13)9-12-5-3-2-4-6-12/h2-8,10-11,14H,9H2,1H3. The molecule has 0 saturated carbocycles. The predicted octanol–water partition coefficient (Wildman–Crippen LogP) is 3.79. The Morgan fingerprint density at radius 2 is 2.00 bits per heavy atom. The monoisotopic (exact) mass is 217 g/mol. The topological polar surface area (TPSA) is 12.0 Å². The Hall–Kier alpha value is -1.28. The van der Waals surface area contributed by atoms with Gasteiger partial charge in [-0.1, -0.05) is 30.3 Å². The Labute approximate surface area is 94.8 Å². The summed E-state index contributed by atoms with van der Waals surface area (Å²) in [7, 11) is 0. The summed E-state index contributed by atoms with van der Waals surface area (Å²) in [5, 5.41) is 7.72. The van der Waals surface area contributed by atoms with Crippen molar-refractivity contribution in [2.75, 3.05) is 5.32 Å². The van der Waals surface area contributed by atoms with Gasteiger partial charge in [-0.3, -0.25) is 0 Å². The maximum absolute atomic E-state index is 3.48. The van der Waals surface area contributed by atoms with Crippen LogP contribution >= 0.6 is 11.3 Å². The van der Waals surface area contributed by atoms with Crippen molar-refractivity contribution in [1.29, 1.82) is 0 Å². The molecule has 0 bridgehead atoms. The molecule has 0 aliphatic heterocycles. The zero-order valence-corrected chi connectivity index (χ0v) is 9.63. The highest BCUT2D eigenvalue weighted by Gasteiger charge is 2.02. The van der Waals surface area contributed by atoms with E-state index in [4.69, 9.17) is 0 Å². The number of thiophene rings is 1. The van der Waals surface area contributed by atoms with E-state index in [-0.39, 0.29) is 0 Å². The van der Waals surface area contributed by atoms with Crippen LogP contribution in [0.2, 0.25) is 0 Å². The van der Waals surface area contributed by atoms with Crippen LogP contribution in [0, 0.1) is 0 Å². The highest BCUT2D eigenvalue weighted by Crippen LogP contribution is 2.14. The number of anilines is 1. The fourth-order valence-corrected chi connectivity index (χ4v) is 2.25. The first-order valence-corrected chi connectivity index (χ1v) is 6.11. The van der Waals surface area contributed by atoms with Gasteiger partial charge in [0.05, 0.1) is 0 Å². The van der Waals surface area contributed by atoms with Crippen LogP contribution in [0.1, 0.15) is 12.5 Å². The first-order valence-electron chi connectivity index (χ1n) is 5.17. The summed E-state index contributed by atoms with van der Waals surface area (Å²) in [5.74, 6) is 0. The minimum Gasteiger partial charge on any atom is -0.382 e. The number of hydrogen-bond acceptors (Lipinski definition) is 2. The summed E-state index contributed by atoms with van der Waals surface area (Å²) >= 11 is 1.73. The third kappa shape index (κ3) is 3.10. The minimum absolute atomic E-state index is 0.474. The Bertz CT molecular complexity index is 380. The molecule has 1 aromatic heterocycles. The largest absolute Gasteiger partial charge is 0.382 e. The van der Waals surface area contributed by atoms with Crippen molar-refractivity contribution < 1.29 is 0 Å². The van der Waals surface area contributed by atoms with Gasteiger partial charge in [0.2, 0.25) is 0 Å². The van der Waals surface area contributed by atoms with Gasteiger partial charge < -0.3 is 5.32 Å². The van der Waals surface area contributed by atoms with E-state index in [1.807, 2.05) is 0 Å². The first-order chi connectivity index (χ1) is 7.34. The van der Waals surface area contributed by atoms with Crippen LogP contribution in [0.15, 0.2) is 47.2 Å². The van der Waals surface area contributed by atoms with Crippen LogP contribution in [0.25, 0.3) is 0 Å². The highest BCUT2D eigenvalue weighted by atomic mass is 32.1. The fraction of sp³-hybridized carbons (Fsp3) is 0.231. The van der Waals surface area contributed by atoms with Crippen molar-refractivity contribution in [2.24, 2.45) is 0 Å². The molecule has 2 heteroatoms. The lowest BCUT2D eigenvalue weighted by atomic mass is 10.1. The molecule has 78 valence electrons. The molecule has 2 rings (SSSR count). The third-order valence-electron chi connectivity index (χ3n) is 2.32. The third-order valence-corrected chi connectivity index (χ3v) is 3.00. The Morgan fingerprint density at radius 1 is 1.20 bits per heavy atom. The Morgan fingerprint density at radius 3 is 2.67 bits per heavy atom. The van der Waals surface area contributed by atoms with Gasteiger partial charge in [0.25, 0.3) is 0 Å². The van der Waals surface area contributed by atoms with Gasteiger partial charge in [0.15, 0.2) is 0 Å². The average Bonchev–Trinajstić information content (AvgIpc) is 2.71. The Kier molecular flexibility index (Phi) is 3.41. The van der Waals surface area contributed by atoms with Crippen LogP contribution in [-0.4, -0.2) is 6.04 Å². The SMILES string of the molecule is CC(Cc1ccccc1)Nc1ccsc1. The molecular weight excluding hydrogens is 202 g/mol. The Balaban J connectivity index is 1.90. The molecule has 0 saturated heterocycles. The van der Waals surface area contributed by atoms with E-state index in [0.717, 1.165) is 6.42 Å². The molecule has 0 aliphatic rings. The molecule has 0 fully saturated rings. The summed E-state index contributed by atoms with van der Waals surface area (Å²) in [6, 6.07) is 13.2. The molecule has 1 N–H and O–H groups in total. The molecule has 1 nitrogen and oxygen atoms in total. The van der Waals surface area contributed by atoms with E-state index in [9.17, 15) is 0 Å². The number of nitrogens with one attached hydrogen (secondary N) is 1. The zero-order valence-electron chi connectivity index (χ0n) is 8.81. The maximum Gasteiger partial charge on any atom is 0.0450 e. The second kappa shape index (κ2) is 4.99. The van der Waals surface area contributed by atoms with E-state index in [2.05, 4.69) is 59.4 Å². The molecular formula is C13H15NS. The number of rotatable bonds is 4. The predicted molar refractivity (Wildman–Crippen MR) is 67.5 cm³/mol. The summed E-state index contributed by atoms with van der Waals surface area (Å²) < 4.78 is 0. The highest BCUT2D eigenvalue weighted by molar-refractivity contribution is 7.08. The van der Waals surface area contributed by atoms with E-state index < -0.39 is 0 Å². The van der Waals surface area contributed by atoms with Crippen molar-refractivity contribution in [3.63, 3.8) is 0 Å². The average molecular weight is 217 g/mol. The lowest BCUT2D eigenvalue weighted by Gasteiger charge is -2.13. The molecule has 15 heavy (non-hydrogen) atoms. The van der Waals surface area contributed by atoms with Gasteiger partial charge in [-0.15, -0.1) is 0 Å². The van der Waals surface area contributed by atoms with Crippen LogP contribution in [-0.2, 0) is 6.42 Å². The van der Waals surface area contributed by atoms with Crippen LogP contribution in [0.5, 0.6) is 0 Å². The van der Waals surface area contributed by atoms with Crippen molar-refractivity contribution in [1.82, 2.24) is 0 Å². The van der Waals surface area contributed by atoms with Crippen molar-refractivity contribution in [3.8, 4) is 0 Å². The normalized spacial score (nSPS) is 12.3. The molecule has 1 unspecified atom stereocenters. The van der Waals surface area contributed by atoms with Gasteiger partial charge in [-0.05, 0) is 30.4 Å². The van der Waals surface area contributed by atoms with Crippen LogP contribution in [0.3, 0.4) is 0 Å². The molecule has 0 amide bonds. The quantitative estimate of drug-likeness (QED) is 0.821. The lowest BCUT2D eigenvalue weighted by Crippen LogP contribution is -2.17. The van der Waals surface area contributed by atoms with Crippen LogP contribution in [0.4, 0.5) is 5.69 Å².